The van der Waals surface area contributed by atoms with E-state index >= 15 is 0 Å². The Morgan fingerprint density at radius 1 is 1.50 bits per heavy atom. The van der Waals surface area contributed by atoms with E-state index in [9.17, 15) is 9.59 Å². The van der Waals surface area contributed by atoms with Crippen molar-refractivity contribution in [3.8, 4) is 0 Å². The quantitative estimate of drug-likeness (QED) is 0.643. The third-order valence-electron chi connectivity index (χ3n) is 3.28. The summed E-state index contributed by atoms with van der Waals surface area (Å²) in [6.07, 6.45) is 2.29. The van der Waals surface area contributed by atoms with Crippen LogP contribution in [0, 0.1) is 5.92 Å². The average Bonchev–Trinajstić information content (AvgIpc) is 3.23. The first-order chi connectivity index (χ1) is 9.47. The lowest BCUT2D eigenvalue weighted by Gasteiger charge is -2.12. The highest BCUT2D eigenvalue weighted by atomic mass is 35.5. The average molecular weight is 297 g/mol. The van der Waals surface area contributed by atoms with Gasteiger partial charge in [0.1, 0.15) is 0 Å². The van der Waals surface area contributed by atoms with Crippen molar-refractivity contribution in [1.82, 2.24) is 5.32 Å². The zero-order chi connectivity index (χ0) is 14.7. The zero-order valence-corrected chi connectivity index (χ0v) is 11.9. The van der Waals surface area contributed by atoms with Crippen LogP contribution in [-0.4, -0.2) is 24.5 Å². The molecule has 0 radical (unpaired) electrons. The van der Waals surface area contributed by atoms with E-state index in [2.05, 4.69) is 5.32 Å². The molecule has 1 saturated carbocycles. The maximum Gasteiger partial charge on any atom is 0.338 e. The second kappa shape index (κ2) is 6.13. The number of anilines is 1. The molecule has 0 unspecified atom stereocenters. The Morgan fingerprint density at radius 2 is 2.20 bits per heavy atom. The van der Waals surface area contributed by atoms with Crippen molar-refractivity contribution in [2.75, 3.05) is 12.3 Å². The fourth-order valence-corrected chi connectivity index (χ4v) is 2.01. The molecule has 1 amide bonds. The topological polar surface area (TPSA) is 81.4 Å². The Labute approximate surface area is 122 Å². The van der Waals surface area contributed by atoms with Crippen LogP contribution >= 0.6 is 11.6 Å². The van der Waals surface area contributed by atoms with Gasteiger partial charge in [0.25, 0.3) is 5.91 Å². The number of carbonyl (C=O) groups is 2. The number of nitrogens with two attached hydrogens (primary N) is 1. The Balaban J connectivity index is 1.81. The van der Waals surface area contributed by atoms with Crippen LogP contribution in [0.1, 0.15) is 30.1 Å². The molecule has 0 aromatic heterocycles. The number of rotatable bonds is 5. The number of halogens is 1. The Kier molecular flexibility index (Phi) is 4.49. The van der Waals surface area contributed by atoms with Crippen LogP contribution in [0.3, 0.4) is 0 Å². The number of hydrogen-bond donors (Lipinski definition) is 2. The Morgan fingerprint density at radius 3 is 2.80 bits per heavy atom. The molecular weight excluding hydrogens is 280 g/mol. The summed E-state index contributed by atoms with van der Waals surface area (Å²) in [4.78, 5) is 23.4. The number of ether oxygens (including phenoxy) is 1. The molecule has 5 nitrogen and oxygen atoms in total. The van der Waals surface area contributed by atoms with Crippen molar-refractivity contribution in [1.29, 1.82) is 0 Å². The van der Waals surface area contributed by atoms with Gasteiger partial charge in [0.2, 0.25) is 0 Å². The number of amides is 1. The normalized spacial score (nSPS) is 15.5. The first kappa shape index (κ1) is 14.7. The molecular formula is C14H17ClN2O3. The van der Waals surface area contributed by atoms with Crippen molar-refractivity contribution in [3.63, 3.8) is 0 Å². The van der Waals surface area contributed by atoms with Crippen molar-refractivity contribution in [2.24, 2.45) is 5.92 Å². The largest absolute Gasteiger partial charge is 0.452 e. The number of carbonyl (C=O) groups excluding carboxylic acids is 2. The highest BCUT2D eigenvalue weighted by Crippen LogP contribution is 2.32. The molecule has 0 saturated heterocycles. The number of hydrogen-bond acceptors (Lipinski definition) is 4. The second-order valence-corrected chi connectivity index (χ2v) is 5.41. The van der Waals surface area contributed by atoms with E-state index in [1.165, 1.54) is 18.2 Å². The molecule has 108 valence electrons. The molecule has 1 aliphatic carbocycles. The van der Waals surface area contributed by atoms with Gasteiger partial charge in [0, 0.05) is 6.04 Å². The minimum Gasteiger partial charge on any atom is -0.452 e. The monoisotopic (exact) mass is 296 g/mol. The Bertz CT molecular complexity index is 529. The third-order valence-corrected chi connectivity index (χ3v) is 3.63. The molecule has 0 spiro atoms. The Hall–Kier alpha value is -1.75. The van der Waals surface area contributed by atoms with Gasteiger partial charge >= 0.3 is 5.97 Å². The molecule has 1 fully saturated rings. The van der Waals surface area contributed by atoms with Crippen LogP contribution in [0.25, 0.3) is 0 Å². The van der Waals surface area contributed by atoms with Gasteiger partial charge in [0.05, 0.1) is 16.3 Å². The number of benzene rings is 1. The van der Waals surface area contributed by atoms with E-state index in [1.54, 1.807) is 0 Å². The van der Waals surface area contributed by atoms with E-state index in [1.807, 2.05) is 6.92 Å². The lowest BCUT2D eigenvalue weighted by Crippen LogP contribution is -2.37. The number of nitrogens with one attached hydrogen (secondary N) is 1. The van der Waals surface area contributed by atoms with Crippen molar-refractivity contribution in [2.45, 2.75) is 25.8 Å². The fraction of sp³-hybridized carbons (Fsp3) is 0.429. The van der Waals surface area contributed by atoms with Crippen molar-refractivity contribution < 1.29 is 14.3 Å². The molecule has 1 aliphatic rings. The van der Waals surface area contributed by atoms with E-state index in [0.29, 0.717) is 16.6 Å². The standard InChI is InChI=1S/C14H17ClN2O3/c1-8(9-2-3-9)17-13(18)7-20-14(19)10-4-5-11(15)12(16)6-10/h4-6,8-9H,2-3,7,16H2,1H3,(H,17,18)/t8-/m1/s1. The summed E-state index contributed by atoms with van der Waals surface area (Å²) in [7, 11) is 0. The molecule has 0 heterocycles. The van der Waals surface area contributed by atoms with E-state index in [0.717, 1.165) is 12.8 Å². The van der Waals surface area contributed by atoms with Gasteiger partial charge in [-0.3, -0.25) is 4.79 Å². The minimum absolute atomic E-state index is 0.132. The van der Waals surface area contributed by atoms with Crippen molar-refractivity contribution >= 4 is 29.2 Å². The summed E-state index contributed by atoms with van der Waals surface area (Å²) < 4.78 is 4.94. The summed E-state index contributed by atoms with van der Waals surface area (Å²) >= 11 is 5.76. The van der Waals surface area contributed by atoms with Gasteiger partial charge in [-0.05, 0) is 43.9 Å². The van der Waals surface area contributed by atoms with Crippen LogP contribution in [0.15, 0.2) is 18.2 Å². The van der Waals surface area contributed by atoms with E-state index < -0.39 is 5.97 Å². The van der Waals surface area contributed by atoms with Gasteiger partial charge in [-0.15, -0.1) is 0 Å². The highest BCUT2D eigenvalue weighted by molar-refractivity contribution is 6.33. The summed E-state index contributed by atoms with van der Waals surface area (Å²) in [6.45, 7) is 1.66. The molecule has 0 bridgehead atoms. The van der Waals surface area contributed by atoms with Crippen LogP contribution in [0.2, 0.25) is 5.02 Å². The maximum atomic E-state index is 11.7. The highest BCUT2D eigenvalue weighted by Gasteiger charge is 2.29. The predicted octanol–water partition coefficient (Wildman–Crippen LogP) is 1.99. The molecule has 6 heteroatoms. The van der Waals surface area contributed by atoms with Crippen molar-refractivity contribution in [3.05, 3.63) is 28.8 Å². The fourth-order valence-electron chi connectivity index (χ4n) is 1.89. The molecule has 20 heavy (non-hydrogen) atoms. The van der Waals surface area contributed by atoms with Crippen LogP contribution in [0.4, 0.5) is 5.69 Å². The predicted molar refractivity (Wildman–Crippen MR) is 76.5 cm³/mol. The van der Waals surface area contributed by atoms with Gasteiger partial charge in [0.15, 0.2) is 6.61 Å². The molecule has 2 rings (SSSR count). The van der Waals surface area contributed by atoms with Crippen LogP contribution in [-0.2, 0) is 9.53 Å². The second-order valence-electron chi connectivity index (χ2n) is 5.01. The van der Waals surface area contributed by atoms with Gasteiger partial charge in [-0.1, -0.05) is 11.6 Å². The van der Waals surface area contributed by atoms with E-state index in [4.69, 9.17) is 22.1 Å². The SMILES string of the molecule is C[C@@H](NC(=O)COC(=O)c1ccc(Cl)c(N)c1)C1CC1. The molecule has 1 atom stereocenters. The molecule has 1 aromatic carbocycles. The summed E-state index contributed by atoms with van der Waals surface area (Å²) in [6, 6.07) is 4.58. The summed E-state index contributed by atoms with van der Waals surface area (Å²) in [5.74, 6) is -0.326. The van der Waals surface area contributed by atoms with Gasteiger partial charge in [-0.2, -0.15) is 0 Å². The summed E-state index contributed by atoms with van der Waals surface area (Å²) in [5, 5.41) is 3.18. The number of nitrogen functional groups attached to an aromatic ring is 1. The lowest BCUT2D eigenvalue weighted by atomic mass is 10.2. The van der Waals surface area contributed by atoms with Gasteiger partial charge in [-0.25, -0.2) is 4.79 Å². The number of esters is 1. The molecule has 1 aromatic rings. The summed E-state index contributed by atoms with van der Waals surface area (Å²) in [5.41, 5.74) is 6.17. The van der Waals surface area contributed by atoms with Crippen LogP contribution in [0.5, 0.6) is 0 Å². The minimum atomic E-state index is -0.595. The van der Waals surface area contributed by atoms with Gasteiger partial charge < -0.3 is 15.8 Å². The van der Waals surface area contributed by atoms with Crippen LogP contribution < -0.4 is 11.1 Å². The molecule has 0 aliphatic heterocycles. The van der Waals surface area contributed by atoms with E-state index in [-0.39, 0.29) is 24.1 Å². The third kappa shape index (κ3) is 3.87. The first-order valence-corrected chi connectivity index (χ1v) is 6.86. The zero-order valence-electron chi connectivity index (χ0n) is 11.2. The lowest BCUT2D eigenvalue weighted by molar-refractivity contribution is -0.124. The molecule has 3 N–H and O–H groups in total. The maximum absolute atomic E-state index is 11.7. The first-order valence-electron chi connectivity index (χ1n) is 6.49. The smallest absolute Gasteiger partial charge is 0.338 e.